The summed E-state index contributed by atoms with van der Waals surface area (Å²) >= 11 is 5.17. The molecule has 1 unspecified atom stereocenters. The number of carbonyl (C=O) groups excluding carboxylic acids is 1. The van der Waals surface area contributed by atoms with Gasteiger partial charge in [-0.25, -0.2) is 17.6 Å². The summed E-state index contributed by atoms with van der Waals surface area (Å²) in [6, 6.07) is 0. The molecule has 0 heterocycles. The molecule has 30 heavy (non-hydrogen) atoms. The molecule has 2 rings (SSSR count). The van der Waals surface area contributed by atoms with E-state index < -0.39 is 92.0 Å². The highest BCUT2D eigenvalue weighted by Crippen LogP contribution is 2.60. The van der Waals surface area contributed by atoms with Crippen molar-refractivity contribution in [2.45, 2.75) is 32.4 Å². The van der Waals surface area contributed by atoms with Crippen LogP contribution in [0.15, 0.2) is 11.1 Å². The van der Waals surface area contributed by atoms with Crippen LogP contribution in [0.2, 0.25) is 0 Å². The van der Waals surface area contributed by atoms with Gasteiger partial charge < -0.3 is 4.74 Å². The zero-order chi connectivity index (χ0) is 23.2. The van der Waals surface area contributed by atoms with Crippen LogP contribution in [0, 0.1) is 40.5 Å². The molecule has 0 spiro atoms. The van der Waals surface area contributed by atoms with Crippen LogP contribution in [-0.4, -0.2) is 22.6 Å². The summed E-state index contributed by atoms with van der Waals surface area (Å²) in [5.41, 5.74) is -3.23. The maximum atomic E-state index is 14.1. The summed E-state index contributed by atoms with van der Waals surface area (Å²) in [6.07, 6.45) is -3.08. The molecule has 1 saturated carbocycles. The van der Waals surface area contributed by atoms with Gasteiger partial charge in [-0.1, -0.05) is 31.5 Å². The maximum absolute atomic E-state index is 14.1. The summed E-state index contributed by atoms with van der Waals surface area (Å²) < 4.78 is 110. The minimum atomic E-state index is -4.81. The average Bonchev–Trinajstić information content (AvgIpc) is 3.16. The number of halogens is 8. The van der Waals surface area contributed by atoms with Gasteiger partial charge in [0.15, 0.2) is 23.3 Å². The van der Waals surface area contributed by atoms with Crippen molar-refractivity contribution >= 4 is 28.4 Å². The number of esters is 1. The molecule has 168 valence electrons. The number of benzene rings is 1. The van der Waals surface area contributed by atoms with Gasteiger partial charge in [-0.15, -0.1) is 0 Å². The number of carbonyl (C=O) groups is 1. The van der Waals surface area contributed by atoms with Crippen molar-refractivity contribution in [2.24, 2.45) is 17.3 Å². The highest BCUT2D eigenvalue weighted by atomic mass is 35.5. The molecule has 1 fully saturated rings. The number of alkyl halides is 3. The van der Waals surface area contributed by atoms with Crippen molar-refractivity contribution in [3.05, 3.63) is 45.5 Å². The van der Waals surface area contributed by atoms with E-state index in [1.165, 1.54) is 13.8 Å². The standard InChI is InChI=1S/C18H16ClF7O3S/c1-17(2)9(4-10(19)18(24,25)26)11(17)16(27)29-5-7-12(20)14(22)8(6-30(3)28)15(23)13(7)21/h4,9,11H,5-6H2,1-3H3/t9-,11-,30?/m0/s1. The highest BCUT2D eigenvalue weighted by Gasteiger charge is 2.62. The molecular weight excluding hydrogens is 465 g/mol. The van der Waals surface area contributed by atoms with Crippen molar-refractivity contribution in [3.8, 4) is 0 Å². The molecule has 0 radical (unpaired) electrons. The van der Waals surface area contributed by atoms with Crippen molar-refractivity contribution in [1.82, 2.24) is 0 Å². The number of allylic oxidation sites excluding steroid dienone is 2. The van der Waals surface area contributed by atoms with Crippen molar-refractivity contribution in [2.75, 3.05) is 6.26 Å². The van der Waals surface area contributed by atoms with Crippen LogP contribution in [-0.2, 0) is 32.7 Å². The monoisotopic (exact) mass is 480 g/mol. The van der Waals surface area contributed by atoms with Gasteiger partial charge in [0.1, 0.15) is 11.6 Å². The summed E-state index contributed by atoms with van der Waals surface area (Å²) in [5.74, 6) is -11.1. The van der Waals surface area contributed by atoms with E-state index in [0.29, 0.717) is 6.08 Å². The largest absolute Gasteiger partial charge is 0.460 e. The molecule has 1 aliphatic carbocycles. The van der Waals surface area contributed by atoms with E-state index in [-0.39, 0.29) is 0 Å². The summed E-state index contributed by atoms with van der Waals surface area (Å²) in [7, 11) is -1.79. The molecule has 0 N–H and O–H groups in total. The van der Waals surface area contributed by atoms with E-state index in [1.807, 2.05) is 0 Å². The van der Waals surface area contributed by atoms with Crippen molar-refractivity contribution in [3.63, 3.8) is 0 Å². The highest BCUT2D eigenvalue weighted by molar-refractivity contribution is 7.83. The first-order valence-electron chi connectivity index (χ1n) is 8.35. The Bertz CT molecular complexity index is 898. The predicted molar refractivity (Wildman–Crippen MR) is 94.6 cm³/mol. The van der Waals surface area contributed by atoms with E-state index in [9.17, 15) is 39.7 Å². The quantitative estimate of drug-likeness (QED) is 0.322. The van der Waals surface area contributed by atoms with Crippen LogP contribution in [0.4, 0.5) is 30.7 Å². The molecular formula is C18H16ClF7O3S. The Kier molecular flexibility index (Phi) is 6.97. The fourth-order valence-corrected chi connectivity index (χ4v) is 3.90. The SMILES string of the molecule is CS(=O)Cc1c(F)c(F)c(COC(=O)[C@@H]2[C@H](C=C(Cl)C(F)(F)F)C2(C)C)c(F)c1F. The van der Waals surface area contributed by atoms with Gasteiger partial charge in [-0.2, -0.15) is 13.2 Å². The van der Waals surface area contributed by atoms with Gasteiger partial charge in [0.25, 0.3) is 0 Å². The number of hydrogen-bond donors (Lipinski definition) is 0. The average molecular weight is 481 g/mol. The third kappa shape index (κ3) is 4.82. The summed E-state index contributed by atoms with van der Waals surface area (Å²) in [4.78, 5) is 12.2. The molecule has 0 aromatic heterocycles. The first kappa shape index (κ1) is 24.6. The van der Waals surface area contributed by atoms with E-state index in [4.69, 9.17) is 16.3 Å². The van der Waals surface area contributed by atoms with Gasteiger partial charge in [0, 0.05) is 22.6 Å². The summed E-state index contributed by atoms with van der Waals surface area (Å²) in [6.45, 7) is 1.73. The van der Waals surface area contributed by atoms with Crippen LogP contribution < -0.4 is 0 Å². The Labute approximate surface area is 174 Å². The van der Waals surface area contributed by atoms with Crippen LogP contribution in [0.5, 0.6) is 0 Å². The third-order valence-corrected chi connectivity index (χ3v) is 5.95. The topological polar surface area (TPSA) is 43.4 Å². The second-order valence-electron chi connectivity index (χ2n) is 7.38. The maximum Gasteiger partial charge on any atom is 0.426 e. The molecule has 1 aliphatic rings. The molecule has 0 saturated heterocycles. The van der Waals surface area contributed by atoms with Gasteiger partial charge in [-0.05, 0) is 11.3 Å². The second kappa shape index (κ2) is 8.49. The zero-order valence-corrected chi connectivity index (χ0v) is 17.4. The smallest absolute Gasteiger partial charge is 0.426 e. The normalized spacial score (nSPS) is 22.0. The van der Waals surface area contributed by atoms with E-state index in [1.54, 1.807) is 0 Å². The zero-order valence-electron chi connectivity index (χ0n) is 15.8. The Morgan fingerprint density at radius 3 is 2.00 bits per heavy atom. The Balaban J connectivity index is 2.20. The van der Waals surface area contributed by atoms with Gasteiger partial charge in [0.2, 0.25) is 0 Å². The first-order chi connectivity index (χ1) is 13.6. The minimum absolute atomic E-state index is 0.646. The lowest BCUT2D eigenvalue weighted by Gasteiger charge is -2.12. The van der Waals surface area contributed by atoms with Crippen molar-refractivity contribution in [1.29, 1.82) is 0 Å². The summed E-state index contributed by atoms with van der Waals surface area (Å²) in [5, 5.41) is -1.43. The third-order valence-electron chi connectivity index (χ3n) is 4.91. The fraction of sp³-hybridized carbons (Fsp3) is 0.500. The Morgan fingerprint density at radius 1 is 1.10 bits per heavy atom. The van der Waals surface area contributed by atoms with E-state index in [0.717, 1.165) is 6.26 Å². The van der Waals surface area contributed by atoms with Gasteiger partial charge in [-0.3, -0.25) is 9.00 Å². The molecule has 1 aromatic carbocycles. The molecule has 1 aromatic rings. The lowest BCUT2D eigenvalue weighted by atomic mass is 10.1. The van der Waals surface area contributed by atoms with Crippen LogP contribution in [0.25, 0.3) is 0 Å². The van der Waals surface area contributed by atoms with Crippen LogP contribution in [0.3, 0.4) is 0 Å². The number of hydrogen-bond acceptors (Lipinski definition) is 3. The predicted octanol–water partition coefficient (Wildman–Crippen LogP) is 5.12. The van der Waals surface area contributed by atoms with Crippen LogP contribution >= 0.6 is 11.6 Å². The van der Waals surface area contributed by atoms with E-state index >= 15 is 0 Å². The minimum Gasteiger partial charge on any atom is -0.460 e. The molecule has 3 atom stereocenters. The number of rotatable bonds is 6. The van der Waals surface area contributed by atoms with Gasteiger partial charge in [0.05, 0.1) is 17.2 Å². The second-order valence-corrected chi connectivity index (χ2v) is 9.22. The molecule has 0 bridgehead atoms. The van der Waals surface area contributed by atoms with Gasteiger partial charge >= 0.3 is 12.1 Å². The van der Waals surface area contributed by atoms with Crippen LogP contribution in [0.1, 0.15) is 25.0 Å². The molecule has 0 amide bonds. The first-order valence-corrected chi connectivity index (χ1v) is 10.5. The fourth-order valence-electron chi connectivity index (χ4n) is 3.10. The van der Waals surface area contributed by atoms with Crippen molar-refractivity contribution < 1.29 is 44.5 Å². The molecule has 12 heteroatoms. The van der Waals surface area contributed by atoms with E-state index in [2.05, 4.69) is 0 Å². The molecule has 3 nitrogen and oxygen atoms in total. The number of ether oxygens (including phenoxy) is 1. The lowest BCUT2D eigenvalue weighted by molar-refractivity contribution is -0.147. The Hall–Kier alpha value is -1.62. The lowest BCUT2D eigenvalue weighted by Crippen LogP contribution is -2.15. The Morgan fingerprint density at radius 2 is 1.57 bits per heavy atom. The molecule has 0 aliphatic heterocycles.